The number of benzene rings is 3. The molecule has 128 valence electrons. The molecule has 1 amide bonds. The number of carbonyl (C=O) groups is 2. The lowest BCUT2D eigenvalue weighted by atomic mass is 10.1. The van der Waals surface area contributed by atoms with Crippen LogP contribution in [0.2, 0.25) is 0 Å². The van der Waals surface area contributed by atoms with E-state index in [0.717, 1.165) is 11.1 Å². The van der Waals surface area contributed by atoms with Crippen LogP contribution in [-0.2, 0) is 0 Å². The predicted octanol–water partition coefficient (Wildman–Crippen LogP) is 4.81. The number of amides is 1. The van der Waals surface area contributed by atoms with E-state index in [1.54, 1.807) is 42.5 Å². The van der Waals surface area contributed by atoms with Gasteiger partial charge in [-0.15, -0.1) is 0 Å². The average molecular weight is 343 g/mol. The van der Waals surface area contributed by atoms with Gasteiger partial charge in [-0.05, 0) is 35.4 Å². The van der Waals surface area contributed by atoms with E-state index < -0.39 is 5.97 Å². The molecule has 2 N–H and O–H groups in total. The van der Waals surface area contributed by atoms with Gasteiger partial charge in [-0.3, -0.25) is 4.79 Å². The van der Waals surface area contributed by atoms with E-state index in [1.165, 1.54) is 0 Å². The molecular weight excluding hydrogens is 326 g/mol. The molecule has 0 bridgehead atoms. The minimum Gasteiger partial charge on any atom is -0.478 e. The van der Waals surface area contributed by atoms with Gasteiger partial charge in [0.1, 0.15) is 0 Å². The molecule has 4 heteroatoms. The Morgan fingerprint density at radius 2 is 1.38 bits per heavy atom. The molecule has 0 unspecified atom stereocenters. The van der Waals surface area contributed by atoms with Crippen molar-refractivity contribution in [2.24, 2.45) is 0 Å². The Balaban J connectivity index is 1.84. The maximum Gasteiger partial charge on any atom is 0.337 e. The SMILES string of the molecule is O=C(Nc1ccc(/C=C/c2ccccc2)cc1C(=O)O)c1ccccc1. The minimum atomic E-state index is -1.09. The summed E-state index contributed by atoms with van der Waals surface area (Å²) in [4.78, 5) is 23.9. The van der Waals surface area contributed by atoms with Crippen LogP contribution in [0.25, 0.3) is 12.2 Å². The zero-order valence-electron chi connectivity index (χ0n) is 13.9. The van der Waals surface area contributed by atoms with Crippen LogP contribution >= 0.6 is 0 Å². The molecule has 0 aliphatic rings. The van der Waals surface area contributed by atoms with Crippen molar-refractivity contribution >= 4 is 29.7 Å². The van der Waals surface area contributed by atoms with Gasteiger partial charge in [0.05, 0.1) is 11.3 Å². The summed E-state index contributed by atoms with van der Waals surface area (Å²) < 4.78 is 0. The van der Waals surface area contributed by atoms with Crippen molar-refractivity contribution < 1.29 is 14.7 Å². The molecule has 0 aliphatic heterocycles. The lowest BCUT2D eigenvalue weighted by molar-refractivity contribution is 0.0698. The Hall–Kier alpha value is -3.66. The van der Waals surface area contributed by atoms with Crippen LogP contribution in [-0.4, -0.2) is 17.0 Å². The largest absolute Gasteiger partial charge is 0.478 e. The number of carbonyl (C=O) groups excluding carboxylic acids is 1. The first-order valence-corrected chi connectivity index (χ1v) is 8.10. The third-order valence-electron chi connectivity index (χ3n) is 3.83. The summed E-state index contributed by atoms with van der Waals surface area (Å²) in [5, 5.41) is 12.1. The van der Waals surface area contributed by atoms with Crippen molar-refractivity contribution in [3.05, 3.63) is 101 Å². The van der Waals surface area contributed by atoms with Crippen LogP contribution in [0.5, 0.6) is 0 Å². The Labute approximate surface area is 151 Å². The van der Waals surface area contributed by atoms with E-state index in [1.807, 2.05) is 48.6 Å². The Morgan fingerprint density at radius 1 is 0.769 bits per heavy atom. The number of rotatable bonds is 5. The summed E-state index contributed by atoms with van der Waals surface area (Å²) in [6.07, 6.45) is 3.74. The van der Waals surface area contributed by atoms with Crippen molar-refractivity contribution in [2.45, 2.75) is 0 Å². The maximum atomic E-state index is 12.3. The fourth-order valence-corrected chi connectivity index (χ4v) is 2.49. The summed E-state index contributed by atoms with van der Waals surface area (Å²) in [6, 6.07) is 23.3. The maximum absolute atomic E-state index is 12.3. The topological polar surface area (TPSA) is 66.4 Å². The Kier molecular flexibility index (Phi) is 5.25. The number of nitrogens with one attached hydrogen (secondary N) is 1. The molecule has 0 saturated carbocycles. The smallest absolute Gasteiger partial charge is 0.337 e. The van der Waals surface area contributed by atoms with Crippen molar-refractivity contribution in [2.75, 3.05) is 5.32 Å². The number of carboxylic acids is 1. The molecule has 4 nitrogen and oxygen atoms in total. The van der Waals surface area contributed by atoms with E-state index in [-0.39, 0.29) is 17.2 Å². The van der Waals surface area contributed by atoms with Gasteiger partial charge in [-0.2, -0.15) is 0 Å². The predicted molar refractivity (Wildman–Crippen MR) is 103 cm³/mol. The van der Waals surface area contributed by atoms with Gasteiger partial charge in [0.25, 0.3) is 5.91 Å². The van der Waals surface area contributed by atoms with Gasteiger partial charge < -0.3 is 10.4 Å². The number of anilines is 1. The average Bonchev–Trinajstić information content (AvgIpc) is 2.68. The second-order valence-electron chi connectivity index (χ2n) is 5.67. The third kappa shape index (κ3) is 4.24. The second kappa shape index (κ2) is 7.94. The highest BCUT2D eigenvalue weighted by molar-refractivity contribution is 6.08. The fourth-order valence-electron chi connectivity index (χ4n) is 2.49. The molecule has 0 saturated heterocycles. The van der Waals surface area contributed by atoms with Gasteiger partial charge in [-0.1, -0.05) is 66.7 Å². The highest BCUT2D eigenvalue weighted by atomic mass is 16.4. The Bertz CT molecular complexity index is 948. The zero-order valence-corrected chi connectivity index (χ0v) is 13.9. The minimum absolute atomic E-state index is 0.0458. The summed E-state index contributed by atoms with van der Waals surface area (Å²) in [7, 11) is 0. The number of carboxylic acid groups (broad SMARTS) is 1. The molecule has 0 spiro atoms. The molecule has 3 aromatic carbocycles. The van der Waals surface area contributed by atoms with Gasteiger partial charge in [-0.25, -0.2) is 4.79 Å². The number of hydrogen-bond acceptors (Lipinski definition) is 2. The molecule has 26 heavy (non-hydrogen) atoms. The van der Waals surface area contributed by atoms with Gasteiger partial charge >= 0.3 is 5.97 Å². The molecule has 0 atom stereocenters. The van der Waals surface area contributed by atoms with Crippen LogP contribution in [0.15, 0.2) is 78.9 Å². The van der Waals surface area contributed by atoms with Crippen molar-refractivity contribution in [3.63, 3.8) is 0 Å². The molecule has 0 radical (unpaired) electrons. The van der Waals surface area contributed by atoms with Crippen LogP contribution < -0.4 is 5.32 Å². The monoisotopic (exact) mass is 343 g/mol. The van der Waals surface area contributed by atoms with E-state index in [9.17, 15) is 14.7 Å². The summed E-state index contributed by atoms with van der Waals surface area (Å²) in [5.41, 5.74) is 2.54. The van der Waals surface area contributed by atoms with E-state index in [0.29, 0.717) is 5.56 Å². The number of hydrogen-bond donors (Lipinski definition) is 2. The Morgan fingerprint density at radius 3 is 2.04 bits per heavy atom. The molecule has 3 aromatic rings. The van der Waals surface area contributed by atoms with Gasteiger partial charge in [0.2, 0.25) is 0 Å². The lowest BCUT2D eigenvalue weighted by Crippen LogP contribution is -2.14. The quantitative estimate of drug-likeness (QED) is 0.654. The number of aromatic carboxylic acids is 1. The van der Waals surface area contributed by atoms with Gasteiger partial charge in [0.15, 0.2) is 0 Å². The third-order valence-corrected chi connectivity index (χ3v) is 3.83. The van der Waals surface area contributed by atoms with Crippen LogP contribution in [0.3, 0.4) is 0 Å². The molecule has 0 aromatic heterocycles. The van der Waals surface area contributed by atoms with Crippen molar-refractivity contribution in [1.29, 1.82) is 0 Å². The van der Waals surface area contributed by atoms with E-state index in [4.69, 9.17) is 0 Å². The highest BCUT2D eigenvalue weighted by Crippen LogP contribution is 2.20. The molecular formula is C22H17NO3. The lowest BCUT2D eigenvalue weighted by Gasteiger charge is -2.09. The van der Waals surface area contributed by atoms with E-state index in [2.05, 4.69) is 5.32 Å². The first kappa shape index (κ1) is 17.2. The molecule has 0 fully saturated rings. The molecule has 0 heterocycles. The van der Waals surface area contributed by atoms with E-state index >= 15 is 0 Å². The van der Waals surface area contributed by atoms with Crippen molar-refractivity contribution in [1.82, 2.24) is 0 Å². The summed E-state index contributed by atoms with van der Waals surface area (Å²) >= 11 is 0. The first-order chi connectivity index (χ1) is 12.6. The molecule has 0 aliphatic carbocycles. The van der Waals surface area contributed by atoms with Crippen LogP contribution in [0.1, 0.15) is 31.8 Å². The zero-order chi connectivity index (χ0) is 18.4. The fraction of sp³-hybridized carbons (Fsp3) is 0. The normalized spacial score (nSPS) is 10.6. The second-order valence-corrected chi connectivity index (χ2v) is 5.67. The molecule has 3 rings (SSSR count). The van der Waals surface area contributed by atoms with Crippen LogP contribution in [0, 0.1) is 0 Å². The van der Waals surface area contributed by atoms with Gasteiger partial charge in [0, 0.05) is 5.56 Å². The first-order valence-electron chi connectivity index (χ1n) is 8.10. The summed E-state index contributed by atoms with van der Waals surface area (Å²) in [6.45, 7) is 0. The summed E-state index contributed by atoms with van der Waals surface area (Å²) in [5.74, 6) is -1.44. The van der Waals surface area contributed by atoms with Crippen molar-refractivity contribution in [3.8, 4) is 0 Å². The van der Waals surface area contributed by atoms with Crippen LogP contribution in [0.4, 0.5) is 5.69 Å². The standard InChI is InChI=1S/C22H17NO3/c24-21(18-9-5-2-6-10-18)23-20-14-13-17(15-19(20)22(25)26)12-11-16-7-3-1-4-8-16/h1-15H,(H,23,24)(H,25,26)/b12-11+. The highest BCUT2D eigenvalue weighted by Gasteiger charge is 2.14.